The zero-order valence-corrected chi connectivity index (χ0v) is 10.1. The van der Waals surface area contributed by atoms with E-state index in [9.17, 15) is 8.42 Å². The number of hydrogen-bond donors (Lipinski definition) is 1. The van der Waals surface area contributed by atoms with Crippen LogP contribution in [0.2, 0.25) is 0 Å². The van der Waals surface area contributed by atoms with Gasteiger partial charge in [-0.15, -0.1) is 0 Å². The van der Waals surface area contributed by atoms with Gasteiger partial charge in [-0.3, -0.25) is 0 Å². The van der Waals surface area contributed by atoms with Gasteiger partial charge in [-0.25, -0.2) is 13.6 Å². The normalized spacial score (nSPS) is 11.4. The summed E-state index contributed by atoms with van der Waals surface area (Å²) in [5, 5.41) is 5.03. The summed E-state index contributed by atoms with van der Waals surface area (Å²) >= 11 is 3.25. The van der Waals surface area contributed by atoms with Crippen molar-refractivity contribution < 1.29 is 13.2 Å². The van der Waals surface area contributed by atoms with Gasteiger partial charge < -0.3 is 4.74 Å². The van der Waals surface area contributed by atoms with Crippen molar-refractivity contribution in [2.75, 3.05) is 7.11 Å². The fourth-order valence-electron chi connectivity index (χ4n) is 1.10. The number of methoxy groups -OCH3 is 1. The number of hydrogen-bond acceptors (Lipinski definition) is 3. The Morgan fingerprint density at radius 2 is 2.00 bits per heavy atom. The lowest BCUT2D eigenvalue weighted by Gasteiger charge is -2.08. The minimum atomic E-state index is -3.68. The second-order valence-electron chi connectivity index (χ2n) is 2.80. The summed E-state index contributed by atoms with van der Waals surface area (Å²) in [5.74, 6) is 0.444. The van der Waals surface area contributed by atoms with Crippen LogP contribution in [-0.2, 0) is 10.0 Å². The fraction of sp³-hybridized carbons (Fsp3) is 0.250. The zero-order valence-electron chi connectivity index (χ0n) is 7.74. The minimum Gasteiger partial charge on any atom is -0.496 e. The quantitative estimate of drug-likeness (QED) is 0.890. The highest BCUT2D eigenvalue weighted by molar-refractivity contribution is 9.10. The summed E-state index contributed by atoms with van der Waals surface area (Å²) in [4.78, 5) is 0.0811. The van der Waals surface area contributed by atoms with E-state index in [0.29, 0.717) is 15.8 Å². The molecule has 2 N–H and O–H groups in total. The van der Waals surface area contributed by atoms with E-state index in [1.807, 2.05) is 0 Å². The van der Waals surface area contributed by atoms with Crippen molar-refractivity contribution in [3.63, 3.8) is 0 Å². The number of ether oxygens (including phenoxy) is 1. The number of benzene rings is 1. The Morgan fingerprint density at radius 1 is 1.43 bits per heavy atom. The molecule has 0 aliphatic heterocycles. The molecule has 0 atom stereocenters. The standard InChI is InChI=1S/C8H10BrNO3S/c1-5-3-6(9)7(13-2)4-8(5)14(10,11)12/h3-4H,1-2H3,(H2,10,11,12). The van der Waals surface area contributed by atoms with Crippen LogP contribution in [0.1, 0.15) is 5.56 Å². The lowest BCUT2D eigenvalue weighted by atomic mass is 10.2. The first-order valence-corrected chi connectivity index (χ1v) is 6.07. The van der Waals surface area contributed by atoms with Gasteiger partial charge in [0, 0.05) is 6.07 Å². The Balaban J connectivity index is 3.47. The van der Waals surface area contributed by atoms with E-state index in [1.165, 1.54) is 13.2 Å². The molecule has 78 valence electrons. The molecule has 0 heterocycles. The largest absolute Gasteiger partial charge is 0.496 e. The van der Waals surface area contributed by atoms with Crippen LogP contribution in [0.4, 0.5) is 0 Å². The summed E-state index contributed by atoms with van der Waals surface area (Å²) in [6.45, 7) is 1.67. The molecule has 0 spiro atoms. The van der Waals surface area contributed by atoms with Crippen LogP contribution in [0, 0.1) is 6.92 Å². The van der Waals surface area contributed by atoms with E-state index in [0.717, 1.165) is 0 Å². The van der Waals surface area contributed by atoms with Gasteiger partial charge in [0.25, 0.3) is 0 Å². The van der Waals surface area contributed by atoms with Crippen LogP contribution < -0.4 is 9.88 Å². The summed E-state index contributed by atoms with van der Waals surface area (Å²) in [7, 11) is -2.22. The molecule has 0 aliphatic rings. The monoisotopic (exact) mass is 279 g/mol. The molecule has 0 aliphatic carbocycles. The number of nitrogens with two attached hydrogens (primary N) is 1. The summed E-state index contributed by atoms with van der Waals surface area (Å²) in [5.41, 5.74) is 0.583. The van der Waals surface area contributed by atoms with Gasteiger partial charge in [-0.2, -0.15) is 0 Å². The first kappa shape index (κ1) is 11.5. The van der Waals surface area contributed by atoms with Gasteiger partial charge >= 0.3 is 0 Å². The number of halogens is 1. The summed E-state index contributed by atoms with van der Waals surface area (Å²) in [6.07, 6.45) is 0. The minimum absolute atomic E-state index is 0.0811. The highest BCUT2D eigenvalue weighted by Gasteiger charge is 2.14. The maximum atomic E-state index is 11.1. The Bertz CT molecular complexity index is 456. The molecule has 0 fully saturated rings. The van der Waals surface area contributed by atoms with Gasteiger partial charge in [-0.1, -0.05) is 0 Å². The first-order chi connectivity index (χ1) is 6.36. The highest BCUT2D eigenvalue weighted by Crippen LogP contribution is 2.29. The van der Waals surface area contributed by atoms with Crippen molar-refractivity contribution in [3.05, 3.63) is 22.2 Å². The Morgan fingerprint density at radius 3 is 2.43 bits per heavy atom. The Labute approximate surface area is 91.2 Å². The van der Waals surface area contributed by atoms with Crippen molar-refractivity contribution in [1.82, 2.24) is 0 Å². The molecule has 0 radical (unpaired) electrons. The number of sulfonamides is 1. The molecule has 0 unspecified atom stereocenters. The highest BCUT2D eigenvalue weighted by atomic mass is 79.9. The summed E-state index contributed by atoms with van der Waals surface area (Å²) in [6, 6.07) is 3.05. The van der Waals surface area contributed by atoms with E-state index in [2.05, 4.69) is 15.9 Å². The molecule has 1 aromatic rings. The van der Waals surface area contributed by atoms with Crippen molar-refractivity contribution in [3.8, 4) is 5.75 Å². The average molecular weight is 280 g/mol. The second-order valence-corrected chi connectivity index (χ2v) is 5.18. The van der Waals surface area contributed by atoms with Crippen LogP contribution in [0.5, 0.6) is 5.75 Å². The maximum Gasteiger partial charge on any atom is 0.238 e. The van der Waals surface area contributed by atoms with Crippen molar-refractivity contribution in [2.24, 2.45) is 5.14 Å². The number of primary sulfonamides is 1. The van der Waals surface area contributed by atoms with Crippen LogP contribution in [0.15, 0.2) is 21.5 Å². The molecule has 0 aromatic heterocycles. The van der Waals surface area contributed by atoms with E-state index < -0.39 is 10.0 Å². The maximum absolute atomic E-state index is 11.1. The van der Waals surface area contributed by atoms with Crippen LogP contribution in [0.3, 0.4) is 0 Å². The first-order valence-electron chi connectivity index (χ1n) is 3.73. The van der Waals surface area contributed by atoms with Crippen LogP contribution in [0.25, 0.3) is 0 Å². The molecule has 0 bridgehead atoms. The zero-order chi connectivity index (χ0) is 10.9. The predicted molar refractivity (Wildman–Crippen MR) is 56.8 cm³/mol. The number of rotatable bonds is 2. The third-order valence-electron chi connectivity index (χ3n) is 1.76. The van der Waals surface area contributed by atoms with Gasteiger partial charge in [0.1, 0.15) is 5.75 Å². The number of aryl methyl sites for hydroxylation is 1. The van der Waals surface area contributed by atoms with Crippen molar-refractivity contribution in [2.45, 2.75) is 11.8 Å². The SMILES string of the molecule is COc1cc(S(N)(=O)=O)c(C)cc1Br. The molecule has 14 heavy (non-hydrogen) atoms. The molecule has 4 nitrogen and oxygen atoms in total. The van der Waals surface area contributed by atoms with Crippen LogP contribution >= 0.6 is 15.9 Å². The van der Waals surface area contributed by atoms with Crippen molar-refractivity contribution in [1.29, 1.82) is 0 Å². The molecule has 0 saturated heterocycles. The fourth-order valence-corrected chi connectivity index (χ4v) is 2.50. The lowest BCUT2D eigenvalue weighted by molar-refractivity contribution is 0.410. The molecular weight excluding hydrogens is 270 g/mol. The molecule has 0 saturated carbocycles. The molecule has 1 aromatic carbocycles. The third-order valence-corrected chi connectivity index (χ3v) is 3.43. The van der Waals surface area contributed by atoms with Gasteiger partial charge in [0.15, 0.2) is 0 Å². The molecule has 6 heteroatoms. The topological polar surface area (TPSA) is 69.4 Å². The lowest BCUT2D eigenvalue weighted by Crippen LogP contribution is -2.13. The molecular formula is C8H10BrNO3S. The van der Waals surface area contributed by atoms with Gasteiger partial charge in [-0.05, 0) is 34.5 Å². The Hall–Kier alpha value is -0.590. The van der Waals surface area contributed by atoms with Crippen LogP contribution in [-0.4, -0.2) is 15.5 Å². The van der Waals surface area contributed by atoms with Gasteiger partial charge in [0.2, 0.25) is 10.0 Å². The van der Waals surface area contributed by atoms with E-state index in [-0.39, 0.29) is 4.90 Å². The average Bonchev–Trinajstić information content (AvgIpc) is 2.02. The van der Waals surface area contributed by atoms with E-state index >= 15 is 0 Å². The van der Waals surface area contributed by atoms with Gasteiger partial charge in [0.05, 0.1) is 16.5 Å². The third kappa shape index (κ3) is 2.26. The molecule has 0 amide bonds. The van der Waals surface area contributed by atoms with E-state index in [4.69, 9.17) is 9.88 Å². The Kier molecular flexibility index (Phi) is 3.18. The second kappa shape index (κ2) is 3.88. The predicted octanol–water partition coefficient (Wildman–Crippen LogP) is 1.41. The smallest absolute Gasteiger partial charge is 0.238 e. The summed E-state index contributed by atoms with van der Waals surface area (Å²) < 4.78 is 27.9. The van der Waals surface area contributed by atoms with Crippen molar-refractivity contribution >= 4 is 26.0 Å². The van der Waals surface area contributed by atoms with E-state index in [1.54, 1.807) is 13.0 Å². The molecule has 1 rings (SSSR count).